The first-order valence-corrected chi connectivity index (χ1v) is 20.1. The zero-order valence-corrected chi connectivity index (χ0v) is 32.9. The minimum absolute atomic E-state index is 0.00646. The number of carbonyl (C=O) groups is 2. The van der Waals surface area contributed by atoms with Crippen LogP contribution in [0, 0.1) is 0 Å². The monoisotopic (exact) mass is 856 g/mol. The van der Waals surface area contributed by atoms with Gasteiger partial charge in [-0.2, -0.15) is 38.3 Å². The maximum atomic E-state index is 12.6. The Morgan fingerprint density at radius 3 is 1.15 bits per heavy atom. The number of amides is 2. The maximum Gasteiger partial charge on any atom is 0.295 e. The van der Waals surface area contributed by atoms with Gasteiger partial charge in [0.1, 0.15) is 15.8 Å². The van der Waals surface area contributed by atoms with Crippen LogP contribution in [0.4, 0.5) is 58.4 Å². The largest absolute Gasteiger partial charge is 0.366 e. The van der Waals surface area contributed by atoms with Crippen molar-refractivity contribution < 1.29 is 36.2 Å². The van der Waals surface area contributed by atoms with Crippen molar-refractivity contribution in [3.05, 3.63) is 107 Å². The number of nitrogens with two attached hydrogens (primary N) is 2. The summed E-state index contributed by atoms with van der Waals surface area (Å²) in [5.41, 5.74) is 12.7. The van der Waals surface area contributed by atoms with Crippen molar-refractivity contribution in [1.29, 1.82) is 0 Å². The fourth-order valence-corrected chi connectivity index (χ4v) is 6.74. The second-order valence-corrected chi connectivity index (χ2v) is 15.2. The summed E-state index contributed by atoms with van der Waals surface area (Å²) in [5, 5.41) is 17.4. The molecule has 14 N–H and O–H groups in total. The van der Waals surface area contributed by atoms with Gasteiger partial charge >= 0.3 is 0 Å². The highest BCUT2D eigenvalue weighted by Gasteiger charge is 2.22. The van der Waals surface area contributed by atoms with Crippen molar-refractivity contribution >= 4 is 103 Å². The third kappa shape index (κ3) is 10.7. The van der Waals surface area contributed by atoms with E-state index in [4.69, 9.17) is 11.5 Å². The lowest BCUT2D eigenvalue weighted by atomic mass is 10.1. The highest BCUT2D eigenvalue weighted by atomic mass is 32.3. The Bertz CT molecular complexity index is 2720. The fraction of sp³-hybridized carbons (Fsp3) is 0.0556. The summed E-state index contributed by atoms with van der Waals surface area (Å²) in [5.74, 6) is -0.665. The van der Waals surface area contributed by atoms with Gasteiger partial charge < -0.3 is 57.0 Å². The first-order valence-electron chi connectivity index (χ1n) is 17.2. The molecule has 6 rings (SSSR count). The van der Waals surface area contributed by atoms with E-state index in [2.05, 4.69) is 61.8 Å². The van der Waals surface area contributed by atoms with E-state index in [1.807, 2.05) is 0 Å². The smallest absolute Gasteiger partial charge is 0.295 e. The lowest BCUT2D eigenvalue weighted by Gasteiger charge is -2.22. The molecule has 60 heavy (non-hydrogen) atoms. The Morgan fingerprint density at radius 2 is 0.817 bits per heavy atom. The van der Waals surface area contributed by atoms with Crippen molar-refractivity contribution in [1.82, 2.24) is 29.9 Å². The van der Waals surface area contributed by atoms with Crippen LogP contribution in [-0.2, 0) is 10.1 Å². The van der Waals surface area contributed by atoms with Gasteiger partial charge in [0.15, 0.2) is 0 Å². The Balaban J connectivity index is 1.24. The number of carbonyl (C=O) groups excluding carboxylic acids is 2. The van der Waals surface area contributed by atoms with E-state index >= 15 is 0 Å². The average molecular weight is 857 g/mol. The third-order valence-corrected chi connectivity index (χ3v) is 9.98. The zero-order valence-electron chi connectivity index (χ0n) is 31.3. The summed E-state index contributed by atoms with van der Waals surface area (Å²) in [6.45, 7) is 0. The average Bonchev–Trinajstić information content (AvgIpc) is 3.20. The highest BCUT2D eigenvalue weighted by Crippen LogP contribution is 2.47. The van der Waals surface area contributed by atoms with Crippen LogP contribution >= 0.6 is 10.9 Å². The van der Waals surface area contributed by atoms with Crippen LogP contribution in [0.3, 0.4) is 0 Å². The van der Waals surface area contributed by atoms with Gasteiger partial charge in [-0.15, -0.1) is 0 Å². The molecule has 2 heterocycles. The van der Waals surface area contributed by atoms with Gasteiger partial charge in [0.05, 0.1) is 4.90 Å². The summed E-state index contributed by atoms with van der Waals surface area (Å²) >= 11 is 0. The third-order valence-electron chi connectivity index (χ3n) is 8.12. The van der Waals surface area contributed by atoms with Crippen molar-refractivity contribution in [3.8, 4) is 0 Å². The standard InChI is InChI=1S/C36H36N14O8S2/c1-39-31-45-33(41-23-11-7-21(8-12-23)29(37)51)49-35(47-31)43-25-15-5-19(27(17-25)59(53,54)55)3-4-20-6-16-26(18-28(20)60(56,57)58)44-36-48-32(40-2)46-34(50-36)42-24-13-9-22(10-14-24)30(38)52/h3-18,53-55H,1-2H3,(H2,37,51)(H2,38,52)(H,56,57,58)(H3,39,41,43,45,47,49)(H3,40,42,44,46,48,50)/b4-3+. The minimum atomic E-state index is -4.84. The van der Waals surface area contributed by atoms with E-state index in [9.17, 15) is 36.2 Å². The Morgan fingerprint density at radius 1 is 0.500 bits per heavy atom. The molecule has 0 atom stereocenters. The zero-order chi connectivity index (χ0) is 43.2. The van der Waals surface area contributed by atoms with E-state index in [-0.39, 0.29) is 63.1 Å². The molecule has 2 amide bonds. The van der Waals surface area contributed by atoms with Gasteiger partial charge in [-0.1, -0.05) is 24.3 Å². The molecule has 310 valence electrons. The SMILES string of the molecule is CNc1nc(Nc2ccc(C(N)=O)cc2)nc(Nc2ccc(/C=C/c3ccc(Nc4nc(NC)nc(Nc5ccc(C(N)=O)cc5)n4)cc3S(=O)(=O)O)c(S(O)(O)O)c2)n1. The minimum Gasteiger partial charge on any atom is -0.366 e. The lowest BCUT2D eigenvalue weighted by molar-refractivity contribution is 0.0992. The number of hydrogen-bond acceptors (Lipinski definition) is 19. The van der Waals surface area contributed by atoms with Crippen molar-refractivity contribution in [3.63, 3.8) is 0 Å². The molecule has 0 saturated carbocycles. The van der Waals surface area contributed by atoms with E-state index in [1.54, 1.807) is 38.4 Å². The predicted molar refractivity (Wildman–Crippen MR) is 227 cm³/mol. The van der Waals surface area contributed by atoms with Crippen LogP contribution in [0.1, 0.15) is 31.8 Å². The Kier molecular flexibility index (Phi) is 12.3. The molecule has 0 spiro atoms. The fourth-order valence-electron chi connectivity index (χ4n) is 5.29. The van der Waals surface area contributed by atoms with Crippen LogP contribution in [0.2, 0.25) is 0 Å². The van der Waals surface area contributed by atoms with Crippen LogP contribution in [0.25, 0.3) is 12.2 Å². The number of aromatic nitrogens is 6. The molecule has 0 saturated heterocycles. The summed E-state index contributed by atoms with van der Waals surface area (Å²) in [4.78, 5) is 47.7. The first-order chi connectivity index (χ1) is 28.5. The van der Waals surface area contributed by atoms with Crippen LogP contribution < -0.4 is 43.4 Å². The van der Waals surface area contributed by atoms with E-state index in [1.165, 1.54) is 66.7 Å². The number of primary amides is 2. The van der Waals surface area contributed by atoms with Crippen molar-refractivity contribution in [2.75, 3.05) is 46.0 Å². The highest BCUT2D eigenvalue weighted by molar-refractivity contribution is 8.19. The van der Waals surface area contributed by atoms with Gasteiger partial charge in [-0.05, 0) is 83.9 Å². The molecule has 6 aromatic rings. The molecule has 22 nitrogen and oxygen atoms in total. The maximum absolute atomic E-state index is 12.6. The number of nitrogens with one attached hydrogen (secondary N) is 6. The van der Waals surface area contributed by atoms with Gasteiger partial charge in [0, 0.05) is 48.0 Å². The van der Waals surface area contributed by atoms with Crippen molar-refractivity contribution in [2.24, 2.45) is 11.5 Å². The molecule has 0 fully saturated rings. The molecule has 24 heteroatoms. The number of anilines is 10. The van der Waals surface area contributed by atoms with Gasteiger partial charge in [0.25, 0.3) is 10.1 Å². The quantitative estimate of drug-likeness (QED) is 0.0433. The predicted octanol–water partition coefficient (Wildman–Crippen LogP) is 5.31. The van der Waals surface area contributed by atoms with E-state index in [0.29, 0.717) is 22.5 Å². The molecular formula is C36H36N14O8S2. The summed E-state index contributed by atoms with van der Waals surface area (Å²) in [6.07, 6.45) is 2.60. The second kappa shape index (κ2) is 17.6. The first kappa shape index (κ1) is 42.1. The van der Waals surface area contributed by atoms with Crippen molar-refractivity contribution in [2.45, 2.75) is 9.79 Å². The van der Waals surface area contributed by atoms with Crippen LogP contribution in [-0.4, -0.2) is 82.4 Å². The second-order valence-electron chi connectivity index (χ2n) is 12.3. The molecule has 4 aromatic carbocycles. The molecule has 0 aliphatic heterocycles. The molecule has 0 radical (unpaired) electrons. The molecule has 0 aliphatic carbocycles. The summed E-state index contributed by atoms with van der Waals surface area (Å²) in [6, 6.07) is 20.6. The van der Waals surface area contributed by atoms with Gasteiger partial charge in [-0.3, -0.25) is 14.1 Å². The molecular weight excluding hydrogens is 821 g/mol. The van der Waals surface area contributed by atoms with E-state index in [0.717, 1.165) is 6.07 Å². The normalized spacial score (nSPS) is 11.8. The molecule has 0 bridgehead atoms. The van der Waals surface area contributed by atoms with E-state index < -0.39 is 37.7 Å². The molecule has 0 aliphatic rings. The molecule has 2 aromatic heterocycles. The topological polar surface area (TPSA) is 351 Å². The molecule has 0 unspecified atom stereocenters. The number of hydrogen-bond donors (Lipinski definition) is 12. The summed E-state index contributed by atoms with van der Waals surface area (Å²) in [7, 11) is -6.04. The van der Waals surface area contributed by atoms with Gasteiger partial charge in [-0.25, -0.2) is 0 Å². The summed E-state index contributed by atoms with van der Waals surface area (Å²) < 4.78 is 66.5. The van der Waals surface area contributed by atoms with Gasteiger partial charge in [0.2, 0.25) is 47.5 Å². The Labute approximate surface area is 343 Å². The van der Waals surface area contributed by atoms with Crippen LogP contribution in [0.15, 0.2) is 94.7 Å². The number of nitrogens with zero attached hydrogens (tertiary/aromatic N) is 6. The van der Waals surface area contributed by atoms with Crippen LogP contribution in [0.5, 0.6) is 0 Å². The number of benzene rings is 4. The number of rotatable bonds is 16. The Hall–Kier alpha value is -7.48. The lowest BCUT2D eigenvalue weighted by Crippen LogP contribution is -2.11.